The lowest BCUT2D eigenvalue weighted by Crippen LogP contribution is -2.18. The van der Waals surface area contributed by atoms with Crippen LogP contribution in [0.3, 0.4) is 0 Å². The summed E-state index contributed by atoms with van der Waals surface area (Å²) in [6.45, 7) is 0. The molecule has 2 aromatic rings. The van der Waals surface area contributed by atoms with Gasteiger partial charge in [0.05, 0.1) is 0 Å². The maximum atomic E-state index is 12.2. The van der Waals surface area contributed by atoms with Crippen LogP contribution >= 0.6 is 15.9 Å². The fourth-order valence-corrected chi connectivity index (χ4v) is 3.55. The van der Waals surface area contributed by atoms with Crippen LogP contribution in [-0.2, 0) is 24.1 Å². The number of aromatic nitrogens is 5. The molecule has 0 fully saturated rings. The second kappa shape index (κ2) is 4.63. The molecular formula is C8H8BrN7O2S. The molecule has 0 aliphatic heterocycles. The van der Waals surface area contributed by atoms with Gasteiger partial charge < -0.3 is 0 Å². The molecule has 100 valence electrons. The Hall–Kier alpha value is -1.93. The van der Waals surface area contributed by atoms with Gasteiger partial charge in [0.2, 0.25) is 5.03 Å². The number of halogens is 1. The highest BCUT2D eigenvalue weighted by atomic mass is 79.9. The topological polar surface area (TPSA) is 118 Å². The fourth-order valence-electron chi connectivity index (χ4n) is 1.43. The molecule has 0 bridgehead atoms. The van der Waals surface area contributed by atoms with Crippen molar-refractivity contribution >= 4 is 31.8 Å². The lowest BCUT2D eigenvalue weighted by atomic mass is 10.4. The summed E-state index contributed by atoms with van der Waals surface area (Å²) in [5.74, 6) is -0.0434. The quantitative estimate of drug-likeness (QED) is 0.835. The van der Waals surface area contributed by atoms with Gasteiger partial charge in [-0.15, -0.1) is 5.10 Å². The summed E-state index contributed by atoms with van der Waals surface area (Å²) in [6, 6.07) is 1.85. The monoisotopic (exact) mass is 345 g/mol. The average molecular weight is 346 g/mol. The summed E-state index contributed by atoms with van der Waals surface area (Å²) >= 11 is 3.00. The zero-order valence-corrected chi connectivity index (χ0v) is 12.3. The van der Waals surface area contributed by atoms with E-state index in [2.05, 4.69) is 36.1 Å². The van der Waals surface area contributed by atoms with E-state index in [1.165, 1.54) is 17.9 Å². The van der Waals surface area contributed by atoms with E-state index in [1.54, 1.807) is 7.05 Å². The van der Waals surface area contributed by atoms with Crippen molar-refractivity contribution in [3.63, 3.8) is 0 Å². The summed E-state index contributed by atoms with van der Waals surface area (Å²) in [5, 5.41) is 19.8. The minimum absolute atomic E-state index is 0.0434. The number of hydrogen-bond donors (Lipinski definition) is 1. The summed E-state index contributed by atoms with van der Waals surface area (Å²) in [5.41, 5.74) is 0.123. The standard InChI is InChI=1S/C8H8BrN7O2S/c1-15-4-5(3-10)7(12-15)13-19(17,18)8-6(9)11-14-16(8)2/h4H,1-2H3,(H,12,13). The first-order valence-electron chi connectivity index (χ1n) is 4.87. The Balaban J connectivity index is 2.46. The zero-order chi connectivity index (χ0) is 14.2. The molecule has 0 saturated carbocycles. The molecular weight excluding hydrogens is 338 g/mol. The molecule has 11 heteroatoms. The predicted molar refractivity (Wildman–Crippen MR) is 67.4 cm³/mol. The minimum atomic E-state index is -3.94. The molecule has 2 heterocycles. The highest BCUT2D eigenvalue weighted by Gasteiger charge is 2.26. The van der Waals surface area contributed by atoms with Crippen LogP contribution in [-0.4, -0.2) is 33.2 Å². The summed E-state index contributed by atoms with van der Waals surface area (Å²) in [6.07, 6.45) is 1.41. The van der Waals surface area contributed by atoms with Crippen molar-refractivity contribution in [2.75, 3.05) is 4.72 Å². The smallest absolute Gasteiger partial charge is 0.272 e. The van der Waals surface area contributed by atoms with Gasteiger partial charge in [-0.1, -0.05) is 5.21 Å². The van der Waals surface area contributed by atoms with Crippen LogP contribution in [0.4, 0.5) is 5.82 Å². The molecule has 0 amide bonds. The van der Waals surface area contributed by atoms with Crippen LogP contribution in [0.5, 0.6) is 0 Å². The number of hydrogen-bond acceptors (Lipinski definition) is 6. The largest absolute Gasteiger partial charge is 0.283 e. The second-order valence-electron chi connectivity index (χ2n) is 3.59. The van der Waals surface area contributed by atoms with E-state index >= 15 is 0 Å². The fraction of sp³-hybridized carbons (Fsp3) is 0.250. The number of anilines is 1. The Morgan fingerprint density at radius 2 is 2.16 bits per heavy atom. The molecule has 1 N–H and O–H groups in total. The highest BCUT2D eigenvalue weighted by molar-refractivity contribution is 9.10. The molecule has 0 radical (unpaired) electrons. The Bertz CT molecular complexity index is 750. The van der Waals surface area contributed by atoms with Crippen molar-refractivity contribution < 1.29 is 8.42 Å². The molecule has 0 atom stereocenters. The maximum Gasteiger partial charge on any atom is 0.283 e. The molecule has 9 nitrogen and oxygen atoms in total. The van der Waals surface area contributed by atoms with Gasteiger partial charge in [-0.05, 0) is 15.9 Å². The molecule has 0 aromatic carbocycles. The first kappa shape index (κ1) is 13.5. The van der Waals surface area contributed by atoms with Crippen LogP contribution in [0.1, 0.15) is 5.56 Å². The van der Waals surface area contributed by atoms with Gasteiger partial charge in [0.1, 0.15) is 11.6 Å². The van der Waals surface area contributed by atoms with Gasteiger partial charge in [-0.2, -0.15) is 18.8 Å². The first-order valence-corrected chi connectivity index (χ1v) is 7.14. The van der Waals surface area contributed by atoms with E-state index < -0.39 is 10.0 Å². The Morgan fingerprint density at radius 3 is 2.68 bits per heavy atom. The normalized spacial score (nSPS) is 11.3. The SMILES string of the molecule is Cn1cc(C#N)c(NS(=O)(=O)c2c(Br)nnn2C)n1. The molecule has 0 aliphatic carbocycles. The van der Waals surface area contributed by atoms with E-state index in [9.17, 15) is 8.42 Å². The summed E-state index contributed by atoms with van der Waals surface area (Å²) < 4.78 is 29.1. The molecule has 2 aromatic heterocycles. The Labute approximate surface area is 117 Å². The zero-order valence-electron chi connectivity index (χ0n) is 9.86. The first-order chi connectivity index (χ1) is 8.85. The van der Waals surface area contributed by atoms with E-state index in [1.807, 2.05) is 6.07 Å². The Morgan fingerprint density at radius 1 is 1.47 bits per heavy atom. The molecule has 2 rings (SSSR count). The number of rotatable bonds is 3. The van der Waals surface area contributed by atoms with E-state index in [0.717, 1.165) is 4.68 Å². The molecule has 0 aliphatic rings. The van der Waals surface area contributed by atoms with Gasteiger partial charge >= 0.3 is 0 Å². The van der Waals surface area contributed by atoms with E-state index in [4.69, 9.17) is 5.26 Å². The maximum absolute atomic E-state index is 12.2. The van der Waals surface area contributed by atoms with Gasteiger partial charge in [0.25, 0.3) is 10.0 Å². The lowest BCUT2D eigenvalue weighted by molar-refractivity contribution is 0.578. The van der Waals surface area contributed by atoms with Crippen molar-refractivity contribution in [3.8, 4) is 6.07 Å². The third kappa shape index (κ3) is 2.45. The number of aryl methyl sites for hydroxylation is 2. The Kier molecular flexibility index (Phi) is 3.29. The van der Waals surface area contributed by atoms with Crippen LogP contribution < -0.4 is 4.72 Å². The van der Waals surface area contributed by atoms with Crippen molar-refractivity contribution in [3.05, 3.63) is 16.4 Å². The van der Waals surface area contributed by atoms with Gasteiger partial charge in [0, 0.05) is 20.3 Å². The van der Waals surface area contributed by atoms with Gasteiger partial charge in [0.15, 0.2) is 10.4 Å². The molecule has 19 heavy (non-hydrogen) atoms. The van der Waals surface area contributed by atoms with E-state index in [-0.39, 0.29) is 21.0 Å². The van der Waals surface area contributed by atoms with Crippen molar-refractivity contribution in [2.45, 2.75) is 5.03 Å². The number of sulfonamides is 1. The third-order valence-corrected chi connectivity index (χ3v) is 4.40. The van der Waals surface area contributed by atoms with Crippen LogP contribution in [0.15, 0.2) is 15.8 Å². The van der Waals surface area contributed by atoms with Crippen molar-refractivity contribution in [2.24, 2.45) is 14.1 Å². The lowest BCUT2D eigenvalue weighted by Gasteiger charge is -2.05. The van der Waals surface area contributed by atoms with Crippen molar-refractivity contribution in [1.82, 2.24) is 24.8 Å². The highest BCUT2D eigenvalue weighted by Crippen LogP contribution is 2.22. The molecule has 0 saturated heterocycles. The number of nitrogens with one attached hydrogen (secondary N) is 1. The van der Waals surface area contributed by atoms with Crippen molar-refractivity contribution in [1.29, 1.82) is 5.26 Å². The molecule has 0 spiro atoms. The predicted octanol–water partition coefficient (Wildman–Crippen LogP) is -0.0164. The summed E-state index contributed by atoms with van der Waals surface area (Å²) in [4.78, 5) is 0. The molecule has 0 unspecified atom stereocenters. The van der Waals surface area contributed by atoms with Crippen LogP contribution in [0.2, 0.25) is 0 Å². The summed E-state index contributed by atoms with van der Waals surface area (Å²) in [7, 11) is -0.913. The van der Waals surface area contributed by atoms with Crippen LogP contribution in [0.25, 0.3) is 0 Å². The number of nitrogens with zero attached hydrogens (tertiary/aromatic N) is 6. The van der Waals surface area contributed by atoms with E-state index in [0.29, 0.717) is 0 Å². The second-order valence-corrected chi connectivity index (χ2v) is 5.94. The van der Waals surface area contributed by atoms with Gasteiger partial charge in [-0.25, -0.2) is 4.68 Å². The third-order valence-electron chi connectivity index (χ3n) is 2.17. The minimum Gasteiger partial charge on any atom is -0.272 e. The average Bonchev–Trinajstić information content (AvgIpc) is 2.81. The van der Waals surface area contributed by atoms with Crippen LogP contribution in [0, 0.1) is 11.3 Å². The van der Waals surface area contributed by atoms with Gasteiger partial charge in [-0.3, -0.25) is 9.40 Å². The number of nitriles is 1.